The molecule has 0 saturated carbocycles. The summed E-state index contributed by atoms with van der Waals surface area (Å²) in [5, 5.41) is 17.1. The van der Waals surface area contributed by atoms with Crippen LogP contribution in [0.1, 0.15) is 35.2 Å². The van der Waals surface area contributed by atoms with Gasteiger partial charge in [0.15, 0.2) is 5.82 Å². The van der Waals surface area contributed by atoms with Crippen molar-refractivity contribution in [1.82, 2.24) is 20.8 Å². The van der Waals surface area contributed by atoms with Gasteiger partial charge in [-0.05, 0) is 72.0 Å². The Kier molecular flexibility index (Phi) is 5.63. The third-order valence-electron chi connectivity index (χ3n) is 6.23. The lowest BCUT2D eigenvalue weighted by molar-refractivity contribution is 0.0931. The lowest BCUT2D eigenvalue weighted by Crippen LogP contribution is -2.45. The van der Waals surface area contributed by atoms with Crippen LogP contribution in [0.2, 0.25) is 0 Å². The first-order chi connectivity index (χ1) is 15.3. The van der Waals surface area contributed by atoms with E-state index < -0.39 is 0 Å². The van der Waals surface area contributed by atoms with E-state index in [0.717, 1.165) is 62.2 Å². The fourth-order valence-electron chi connectivity index (χ4n) is 4.54. The van der Waals surface area contributed by atoms with Gasteiger partial charge < -0.3 is 15.5 Å². The molecule has 0 unspecified atom stereocenters. The zero-order valence-electron chi connectivity index (χ0n) is 17.6. The molecule has 158 valence electrons. The maximum atomic E-state index is 12.9. The van der Waals surface area contributed by atoms with Crippen molar-refractivity contribution in [3.8, 4) is 0 Å². The van der Waals surface area contributed by atoms with E-state index in [2.05, 4.69) is 56.1 Å². The second kappa shape index (κ2) is 8.86. The van der Waals surface area contributed by atoms with Crippen LogP contribution in [0.5, 0.6) is 0 Å². The molecule has 1 fully saturated rings. The fourth-order valence-corrected chi connectivity index (χ4v) is 4.54. The predicted molar refractivity (Wildman–Crippen MR) is 124 cm³/mol. The Morgan fingerprint density at radius 1 is 1.10 bits per heavy atom. The van der Waals surface area contributed by atoms with E-state index >= 15 is 0 Å². The van der Waals surface area contributed by atoms with Crippen LogP contribution in [0.15, 0.2) is 60.8 Å². The van der Waals surface area contributed by atoms with Crippen molar-refractivity contribution in [3.63, 3.8) is 0 Å². The first kappa shape index (κ1) is 19.7. The Labute approximate surface area is 182 Å². The molecule has 1 saturated heterocycles. The highest BCUT2D eigenvalue weighted by Gasteiger charge is 2.22. The van der Waals surface area contributed by atoms with E-state index in [4.69, 9.17) is 0 Å². The van der Waals surface area contributed by atoms with Gasteiger partial charge in [0.1, 0.15) is 0 Å². The Balaban J connectivity index is 1.27. The van der Waals surface area contributed by atoms with Gasteiger partial charge in [-0.3, -0.25) is 4.79 Å². The van der Waals surface area contributed by atoms with Crippen LogP contribution in [0.25, 0.3) is 16.3 Å². The SMILES string of the molecule is O=C(NC1CCN(c2cccnn2)CC1)c1ccc2c(C3=CCCNC3)cccc2c1. The monoisotopic (exact) mass is 413 g/mol. The molecule has 2 aliphatic heterocycles. The van der Waals surface area contributed by atoms with Gasteiger partial charge in [0, 0.05) is 37.4 Å². The van der Waals surface area contributed by atoms with Crippen LogP contribution in [0.3, 0.4) is 0 Å². The van der Waals surface area contributed by atoms with Gasteiger partial charge in [-0.1, -0.05) is 30.3 Å². The molecule has 3 aromatic rings. The van der Waals surface area contributed by atoms with Crippen molar-refractivity contribution in [1.29, 1.82) is 0 Å². The average molecular weight is 414 g/mol. The van der Waals surface area contributed by atoms with Crippen LogP contribution >= 0.6 is 0 Å². The minimum absolute atomic E-state index is 0.00352. The zero-order chi connectivity index (χ0) is 21.0. The van der Waals surface area contributed by atoms with Crippen molar-refractivity contribution in [2.24, 2.45) is 0 Å². The smallest absolute Gasteiger partial charge is 0.251 e. The number of anilines is 1. The molecule has 0 atom stereocenters. The summed E-state index contributed by atoms with van der Waals surface area (Å²) in [6.45, 7) is 3.67. The van der Waals surface area contributed by atoms with Gasteiger partial charge in [-0.25, -0.2) is 0 Å². The number of piperidine rings is 1. The number of fused-ring (bicyclic) bond motifs is 1. The number of hydrogen-bond acceptors (Lipinski definition) is 5. The van der Waals surface area contributed by atoms with Crippen LogP contribution in [-0.2, 0) is 0 Å². The standard InChI is InChI=1S/C25H27N5O/c31-25(28-21-10-14-30(15-11-21)24-7-3-13-27-29-24)19-8-9-23-18(16-19)4-1-6-22(23)20-5-2-12-26-17-20/h1,3-9,13,16,21,26H,2,10-12,14-15,17H2,(H,28,31). The van der Waals surface area contributed by atoms with E-state index in [9.17, 15) is 4.79 Å². The van der Waals surface area contributed by atoms with Crippen molar-refractivity contribution in [2.75, 3.05) is 31.1 Å². The minimum atomic E-state index is 0.00352. The number of rotatable bonds is 4. The van der Waals surface area contributed by atoms with Gasteiger partial charge in [0.2, 0.25) is 0 Å². The van der Waals surface area contributed by atoms with E-state index in [0.29, 0.717) is 0 Å². The summed E-state index contributed by atoms with van der Waals surface area (Å²) in [5.74, 6) is 0.907. The second-order valence-electron chi connectivity index (χ2n) is 8.25. The van der Waals surface area contributed by atoms with E-state index in [-0.39, 0.29) is 11.9 Å². The normalized spacial score (nSPS) is 17.4. The average Bonchev–Trinajstić information content (AvgIpc) is 2.85. The minimum Gasteiger partial charge on any atom is -0.355 e. The molecule has 0 bridgehead atoms. The molecule has 0 aliphatic carbocycles. The molecule has 1 aromatic heterocycles. The van der Waals surface area contributed by atoms with Crippen LogP contribution < -0.4 is 15.5 Å². The molecular weight excluding hydrogens is 386 g/mol. The van der Waals surface area contributed by atoms with Crippen molar-refractivity contribution < 1.29 is 4.79 Å². The lowest BCUT2D eigenvalue weighted by Gasteiger charge is -2.32. The largest absolute Gasteiger partial charge is 0.355 e. The van der Waals surface area contributed by atoms with Crippen LogP contribution in [-0.4, -0.2) is 48.3 Å². The Bertz CT molecular complexity index is 1100. The Hall–Kier alpha value is -3.25. The molecule has 1 amide bonds. The molecule has 6 nitrogen and oxygen atoms in total. The molecule has 2 aromatic carbocycles. The highest BCUT2D eigenvalue weighted by Crippen LogP contribution is 2.27. The van der Waals surface area contributed by atoms with E-state index in [1.54, 1.807) is 6.20 Å². The topological polar surface area (TPSA) is 70.2 Å². The molecule has 6 heteroatoms. The predicted octanol–water partition coefficient (Wildman–Crippen LogP) is 3.41. The van der Waals surface area contributed by atoms with Gasteiger partial charge >= 0.3 is 0 Å². The van der Waals surface area contributed by atoms with Gasteiger partial charge in [0.05, 0.1) is 0 Å². The number of aromatic nitrogens is 2. The zero-order valence-corrected chi connectivity index (χ0v) is 17.6. The maximum Gasteiger partial charge on any atom is 0.251 e. The molecule has 0 spiro atoms. The lowest BCUT2D eigenvalue weighted by atomic mass is 9.95. The molecule has 3 heterocycles. The number of carbonyl (C=O) groups excluding carboxylic acids is 1. The molecule has 0 radical (unpaired) electrons. The third-order valence-corrected chi connectivity index (χ3v) is 6.23. The van der Waals surface area contributed by atoms with E-state index in [1.807, 2.05) is 24.3 Å². The fraction of sp³-hybridized carbons (Fsp3) is 0.320. The van der Waals surface area contributed by atoms with E-state index in [1.165, 1.54) is 16.5 Å². The van der Waals surface area contributed by atoms with Crippen molar-refractivity contribution in [2.45, 2.75) is 25.3 Å². The molecular formula is C25H27N5O. The number of hydrogen-bond donors (Lipinski definition) is 2. The summed E-state index contributed by atoms with van der Waals surface area (Å²) >= 11 is 0. The van der Waals surface area contributed by atoms with Crippen LogP contribution in [0, 0.1) is 0 Å². The number of nitrogens with zero attached hydrogens (tertiary/aromatic N) is 3. The maximum absolute atomic E-state index is 12.9. The number of nitrogens with one attached hydrogen (secondary N) is 2. The molecule has 31 heavy (non-hydrogen) atoms. The first-order valence-corrected chi connectivity index (χ1v) is 11.0. The Morgan fingerprint density at radius 2 is 2.00 bits per heavy atom. The summed E-state index contributed by atoms with van der Waals surface area (Å²) in [4.78, 5) is 15.2. The van der Waals surface area contributed by atoms with Gasteiger partial charge in [0.25, 0.3) is 5.91 Å². The highest BCUT2D eigenvalue weighted by molar-refractivity contribution is 6.01. The number of carbonyl (C=O) groups is 1. The van der Waals surface area contributed by atoms with Gasteiger partial charge in [-0.2, -0.15) is 5.10 Å². The third kappa shape index (κ3) is 4.30. The summed E-state index contributed by atoms with van der Waals surface area (Å²) < 4.78 is 0. The second-order valence-corrected chi connectivity index (χ2v) is 8.25. The highest BCUT2D eigenvalue weighted by atomic mass is 16.1. The molecule has 2 aliphatic rings. The van der Waals surface area contributed by atoms with Crippen molar-refractivity contribution >= 4 is 28.1 Å². The van der Waals surface area contributed by atoms with Crippen LogP contribution in [0.4, 0.5) is 5.82 Å². The number of amides is 1. The summed E-state index contributed by atoms with van der Waals surface area (Å²) in [6.07, 6.45) is 6.87. The first-order valence-electron chi connectivity index (χ1n) is 11.0. The Morgan fingerprint density at radius 3 is 2.77 bits per heavy atom. The summed E-state index contributed by atoms with van der Waals surface area (Å²) in [6, 6.07) is 16.5. The quantitative estimate of drug-likeness (QED) is 0.686. The summed E-state index contributed by atoms with van der Waals surface area (Å²) in [7, 11) is 0. The van der Waals surface area contributed by atoms with Crippen molar-refractivity contribution in [3.05, 3.63) is 71.9 Å². The van der Waals surface area contributed by atoms with Gasteiger partial charge in [-0.15, -0.1) is 5.10 Å². The number of benzene rings is 2. The molecule has 5 rings (SSSR count). The molecule has 2 N–H and O–H groups in total. The summed E-state index contributed by atoms with van der Waals surface area (Å²) in [5.41, 5.74) is 3.31.